The number of anilines is 1. The number of para-hydroxylation sites is 1. The zero-order valence-electron chi connectivity index (χ0n) is 10.8. The second-order valence-corrected chi connectivity index (χ2v) is 6.55. The van der Waals surface area contributed by atoms with Crippen LogP contribution in [0.15, 0.2) is 24.3 Å². The Labute approximate surface area is 116 Å². The topological polar surface area (TPSA) is 92.5 Å². The van der Waals surface area contributed by atoms with Crippen molar-refractivity contribution in [3.63, 3.8) is 0 Å². The van der Waals surface area contributed by atoms with Crippen molar-refractivity contribution in [3.05, 3.63) is 30.1 Å². The van der Waals surface area contributed by atoms with Crippen molar-refractivity contribution < 1.29 is 17.6 Å². The predicted molar refractivity (Wildman–Crippen MR) is 73.1 cm³/mol. The van der Waals surface area contributed by atoms with Crippen LogP contribution in [0.25, 0.3) is 0 Å². The lowest BCUT2D eigenvalue weighted by Crippen LogP contribution is -2.48. The van der Waals surface area contributed by atoms with Gasteiger partial charge in [-0.3, -0.25) is 0 Å². The maximum absolute atomic E-state index is 13.4. The monoisotopic (exact) mass is 301 g/mol. The largest absolute Gasteiger partial charge is 0.323 e. The van der Waals surface area contributed by atoms with Gasteiger partial charge in [0.1, 0.15) is 5.82 Å². The number of nitrogens with one attached hydrogen (secondary N) is 1. The smallest absolute Gasteiger partial charge is 0.321 e. The molecule has 1 saturated heterocycles. The highest BCUT2D eigenvalue weighted by Crippen LogP contribution is 2.18. The summed E-state index contributed by atoms with van der Waals surface area (Å²) in [4.78, 5) is 13.3. The molecule has 0 aliphatic carbocycles. The third kappa shape index (κ3) is 3.45. The molecule has 1 aliphatic heterocycles. The minimum Gasteiger partial charge on any atom is -0.323 e. The summed E-state index contributed by atoms with van der Waals surface area (Å²) in [5, 5.41) is 6.77. The molecule has 1 unspecified atom stereocenters. The number of hydrogen-bond donors (Lipinski definition) is 2. The van der Waals surface area contributed by atoms with E-state index in [1.807, 2.05) is 0 Å². The Hall–Kier alpha value is -1.67. The van der Waals surface area contributed by atoms with Crippen molar-refractivity contribution in [2.45, 2.75) is 18.1 Å². The molecule has 1 heterocycles. The Morgan fingerprint density at radius 3 is 2.75 bits per heavy atom. The molecule has 6 nitrogen and oxygen atoms in total. The van der Waals surface area contributed by atoms with Crippen LogP contribution in [-0.2, 0) is 10.0 Å². The van der Waals surface area contributed by atoms with Gasteiger partial charge in [-0.15, -0.1) is 0 Å². The highest BCUT2D eigenvalue weighted by molar-refractivity contribution is 7.89. The molecule has 1 fully saturated rings. The number of nitrogens with zero attached hydrogens (tertiary/aromatic N) is 1. The van der Waals surface area contributed by atoms with Crippen LogP contribution in [0, 0.1) is 5.82 Å². The Bertz CT molecular complexity index is 606. The van der Waals surface area contributed by atoms with Gasteiger partial charge in [-0.1, -0.05) is 12.1 Å². The summed E-state index contributed by atoms with van der Waals surface area (Å²) in [6, 6.07) is 5.27. The van der Waals surface area contributed by atoms with E-state index in [-0.39, 0.29) is 12.2 Å². The molecule has 1 aromatic rings. The van der Waals surface area contributed by atoms with Gasteiger partial charge in [0.2, 0.25) is 10.0 Å². The number of carbonyl (C=O) groups excluding carboxylic acids is 1. The second kappa shape index (κ2) is 5.76. The van der Waals surface area contributed by atoms with Crippen molar-refractivity contribution >= 4 is 21.7 Å². The first-order valence-corrected chi connectivity index (χ1v) is 7.81. The molecule has 2 rings (SSSR count). The number of urea groups is 1. The Morgan fingerprint density at radius 2 is 2.10 bits per heavy atom. The van der Waals surface area contributed by atoms with E-state index in [0.717, 1.165) is 0 Å². The van der Waals surface area contributed by atoms with Gasteiger partial charge in [0.25, 0.3) is 0 Å². The summed E-state index contributed by atoms with van der Waals surface area (Å²) in [6.45, 7) is 0.450. The first kappa shape index (κ1) is 14.7. The predicted octanol–water partition coefficient (Wildman–Crippen LogP) is 1.11. The first-order valence-electron chi connectivity index (χ1n) is 6.20. The molecular weight excluding hydrogens is 285 g/mol. The van der Waals surface area contributed by atoms with E-state index >= 15 is 0 Å². The van der Waals surface area contributed by atoms with Gasteiger partial charge >= 0.3 is 6.03 Å². The number of nitrogens with two attached hydrogens (primary N) is 1. The maximum Gasteiger partial charge on any atom is 0.321 e. The second-order valence-electron chi connectivity index (χ2n) is 4.71. The summed E-state index contributed by atoms with van der Waals surface area (Å²) in [7, 11) is -3.67. The molecule has 8 heteroatoms. The summed E-state index contributed by atoms with van der Waals surface area (Å²) in [5.74, 6) is -0.541. The first-order chi connectivity index (χ1) is 9.38. The van der Waals surface area contributed by atoms with Gasteiger partial charge < -0.3 is 10.2 Å². The molecule has 0 saturated carbocycles. The molecule has 1 aromatic carbocycles. The summed E-state index contributed by atoms with van der Waals surface area (Å²) >= 11 is 0. The quantitative estimate of drug-likeness (QED) is 0.857. The number of hydrogen-bond acceptors (Lipinski definition) is 3. The molecule has 0 aromatic heterocycles. The molecule has 3 N–H and O–H groups in total. The van der Waals surface area contributed by atoms with Crippen molar-refractivity contribution in [1.29, 1.82) is 0 Å². The molecule has 1 aliphatic rings. The van der Waals surface area contributed by atoms with Crippen molar-refractivity contribution in [2.24, 2.45) is 5.14 Å². The fourth-order valence-electron chi connectivity index (χ4n) is 2.15. The molecular formula is C12H16FN3O3S. The summed E-state index contributed by atoms with van der Waals surface area (Å²) < 4.78 is 36.1. The minimum absolute atomic E-state index is 0.0269. The van der Waals surface area contributed by atoms with Crippen molar-refractivity contribution in [1.82, 2.24) is 4.90 Å². The summed E-state index contributed by atoms with van der Waals surface area (Å²) in [5.41, 5.74) is 0.0650. The lowest BCUT2D eigenvalue weighted by atomic mass is 10.1. The molecule has 1 atom stereocenters. The van der Waals surface area contributed by atoms with Gasteiger partial charge in [0, 0.05) is 13.1 Å². The fourth-order valence-corrected chi connectivity index (χ4v) is 3.03. The highest BCUT2D eigenvalue weighted by atomic mass is 32.2. The average molecular weight is 301 g/mol. The summed E-state index contributed by atoms with van der Waals surface area (Å²) in [6.07, 6.45) is 0.980. The van der Waals surface area contributed by atoms with Gasteiger partial charge in [0.05, 0.1) is 10.9 Å². The molecule has 110 valence electrons. The maximum atomic E-state index is 13.4. The van der Waals surface area contributed by atoms with Crippen LogP contribution >= 0.6 is 0 Å². The Balaban J connectivity index is 2.04. The van der Waals surface area contributed by atoms with Gasteiger partial charge in [0.15, 0.2) is 0 Å². The van der Waals surface area contributed by atoms with E-state index in [9.17, 15) is 17.6 Å². The number of amides is 2. The fraction of sp³-hybridized carbons (Fsp3) is 0.417. The molecule has 0 radical (unpaired) electrons. The minimum atomic E-state index is -3.67. The number of halogens is 1. The van der Waals surface area contributed by atoms with E-state index in [1.54, 1.807) is 6.07 Å². The third-order valence-corrected chi connectivity index (χ3v) is 4.56. The van der Waals surface area contributed by atoms with Gasteiger partial charge in [-0.25, -0.2) is 22.7 Å². The van der Waals surface area contributed by atoms with E-state index in [1.165, 1.54) is 23.1 Å². The van der Waals surface area contributed by atoms with E-state index in [0.29, 0.717) is 19.4 Å². The normalized spacial score (nSPS) is 19.7. The van der Waals surface area contributed by atoms with Crippen molar-refractivity contribution in [3.8, 4) is 0 Å². The average Bonchev–Trinajstić information content (AvgIpc) is 2.40. The third-order valence-electron chi connectivity index (χ3n) is 3.25. The van der Waals surface area contributed by atoms with Crippen molar-refractivity contribution in [2.75, 3.05) is 18.4 Å². The SMILES string of the molecule is NS(=O)(=O)C1CCCN(C(=O)Nc2ccccc2F)C1. The van der Waals surface area contributed by atoms with Crippen LogP contribution in [0.5, 0.6) is 0 Å². The number of piperidine rings is 1. The van der Waals surface area contributed by atoms with Gasteiger partial charge in [-0.2, -0.15) is 0 Å². The van der Waals surface area contributed by atoms with E-state index in [2.05, 4.69) is 5.32 Å². The molecule has 0 spiro atoms. The van der Waals surface area contributed by atoms with Crippen LogP contribution < -0.4 is 10.5 Å². The van der Waals surface area contributed by atoms with E-state index in [4.69, 9.17) is 5.14 Å². The number of sulfonamides is 1. The highest BCUT2D eigenvalue weighted by Gasteiger charge is 2.30. The number of rotatable bonds is 2. The zero-order chi connectivity index (χ0) is 14.8. The van der Waals surface area contributed by atoms with E-state index < -0.39 is 27.1 Å². The van der Waals surface area contributed by atoms with Gasteiger partial charge in [-0.05, 0) is 25.0 Å². The Morgan fingerprint density at radius 1 is 1.40 bits per heavy atom. The van der Waals surface area contributed by atoms with Crippen LogP contribution in [0.3, 0.4) is 0 Å². The number of carbonyl (C=O) groups is 1. The molecule has 20 heavy (non-hydrogen) atoms. The van der Waals surface area contributed by atoms with Crippen LogP contribution in [-0.4, -0.2) is 37.7 Å². The number of primary sulfonamides is 1. The van der Waals surface area contributed by atoms with Crippen LogP contribution in [0.2, 0.25) is 0 Å². The number of likely N-dealkylation sites (tertiary alicyclic amines) is 1. The number of benzene rings is 1. The van der Waals surface area contributed by atoms with Crippen LogP contribution in [0.4, 0.5) is 14.9 Å². The van der Waals surface area contributed by atoms with Crippen LogP contribution in [0.1, 0.15) is 12.8 Å². The lowest BCUT2D eigenvalue weighted by Gasteiger charge is -2.31. The molecule has 2 amide bonds. The standard InChI is InChI=1S/C12H16FN3O3S/c13-10-5-1-2-6-11(10)15-12(17)16-7-3-4-9(8-16)20(14,18)19/h1-2,5-6,9H,3-4,7-8H2,(H,15,17)(H2,14,18,19). The lowest BCUT2D eigenvalue weighted by molar-refractivity contribution is 0.200. The Kier molecular flexibility index (Phi) is 4.24. The molecule has 0 bridgehead atoms. The zero-order valence-corrected chi connectivity index (χ0v) is 11.6.